The number of anilines is 1. The summed E-state index contributed by atoms with van der Waals surface area (Å²) in [5, 5.41) is 6.12. The van der Waals surface area contributed by atoms with E-state index in [-0.39, 0.29) is 5.76 Å². The Labute approximate surface area is 160 Å². The van der Waals surface area contributed by atoms with E-state index in [4.69, 9.17) is 9.47 Å². The zero-order valence-electron chi connectivity index (χ0n) is 14.7. The molecule has 0 saturated carbocycles. The van der Waals surface area contributed by atoms with Gasteiger partial charge >= 0.3 is 5.91 Å². The van der Waals surface area contributed by atoms with Crippen molar-refractivity contribution in [2.24, 2.45) is 5.10 Å². The van der Waals surface area contributed by atoms with Crippen LogP contribution in [0, 0.1) is 6.92 Å². The number of hydrazone groups is 1. The molecule has 6 nitrogen and oxygen atoms in total. The monoisotopic (exact) mass is 379 g/mol. The van der Waals surface area contributed by atoms with Crippen LogP contribution in [0.4, 0.5) is 5.13 Å². The van der Waals surface area contributed by atoms with Gasteiger partial charge in [0, 0.05) is 0 Å². The number of nitrogens with zero attached hydrogens (tertiary/aromatic N) is 3. The van der Waals surface area contributed by atoms with Crippen molar-refractivity contribution >= 4 is 38.8 Å². The normalized spacial score (nSPS) is 13.9. The summed E-state index contributed by atoms with van der Waals surface area (Å²) in [4.78, 5) is 17.5. The highest BCUT2D eigenvalue weighted by molar-refractivity contribution is 7.22. The molecular weight excluding hydrogens is 362 g/mol. The first-order chi connectivity index (χ1) is 13.2. The summed E-state index contributed by atoms with van der Waals surface area (Å²) >= 11 is 1.40. The van der Waals surface area contributed by atoms with E-state index < -0.39 is 5.91 Å². The first kappa shape index (κ1) is 17.2. The van der Waals surface area contributed by atoms with Gasteiger partial charge in [0.05, 0.1) is 16.4 Å². The second-order valence-corrected chi connectivity index (χ2v) is 6.95. The number of carbonyl (C=O) groups excluding carboxylic acids is 1. The minimum absolute atomic E-state index is 0.113. The third-order valence-electron chi connectivity index (χ3n) is 3.89. The molecule has 1 aliphatic rings. The fourth-order valence-corrected chi connectivity index (χ4v) is 3.57. The molecule has 27 heavy (non-hydrogen) atoms. The van der Waals surface area contributed by atoms with Crippen LogP contribution in [0.2, 0.25) is 0 Å². The molecular formula is C20H17N3O3S. The predicted octanol–water partition coefficient (Wildman–Crippen LogP) is 3.86. The van der Waals surface area contributed by atoms with Crippen molar-refractivity contribution in [3.8, 4) is 0 Å². The van der Waals surface area contributed by atoms with Gasteiger partial charge in [-0.05, 0) is 30.2 Å². The lowest BCUT2D eigenvalue weighted by molar-refractivity contribution is -0.119. The number of hydrogen-bond donors (Lipinski definition) is 0. The second kappa shape index (κ2) is 7.59. The predicted molar refractivity (Wildman–Crippen MR) is 106 cm³/mol. The maximum absolute atomic E-state index is 13.0. The fourth-order valence-electron chi connectivity index (χ4n) is 2.55. The van der Waals surface area contributed by atoms with Gasteiger partial charge in [-0.3, -0.25) is 4.79 Å². The maximum atomic E-state index is 13.0. The van der Waals surface area contributed by atoms with Crippen molar-refractivity contribution in [2.45, 2.75) is 6.92 Å². The summed E-state index contributed by atoms with van der Waals surface area (Å²) in [6.45, 7) is 2.77. The van der Waals surface area contributed by atoms with E-state index >= 15 is 0 Å². The van der Waals surface area contributed by atoms with Gasteiger partial charge in [0.1, 0.15) is 19.5 Å². The molecule has 7 heteroatoms. The summed E-state index contributed by atoms with van der Waals surface area (Å²) in [6.07, 6.45) is 2.95. The van der Waals surface area contributed by atoms with Crippen molar-refractivity contribution in [2.75, 3.05) is 18.2 Å². The molecule has 0 aliphatic carbocycles. The van der Waals surface area contributed by atoms with Crippen LogP contribution in [-0.4, -0.2) is 30.3 Å². The Kier molecular flexibility index (Phi) is 4.84. The third kappa shape index (κ3) is 3.83. The van der Waals surface area contributed by atoms with Crippen LogP contribution < -0.4 is 5.01 Å². The molecule has 3 aromatic rings. The van der Waals surface area contributed by atoms with Crippen molar-refractivity contribution < 1.29 is 14.3 Å². The molecule has 0 saturated heterocycles. The first-order valence-electron chi connectivity index (χ1n) is 8.46. The molecule has 2 aromatic carbocycles. The van der Waals surface area contributed by atoms with Gasteiger partial charge in [0.15, 0.2) is 0 Å². The maximum Gasteiger partial charge on any atom is 0.319 e. The Balaban J connectivity index is 1.73. The SMILES string of the molecule is Cc1ccc2nc(N(N=Cc3ccccc3)C(=O)C3=COCCO3)sc2c1. The highest BCUT2D eigenvalue weighted by Crippen LogP contribution is 2.30. The number of aromatic nitrogens is 1. The number of fused-ring (bicyclic) bond motifs is 1. The van der Waals surface area contributed by atoms with Crippen LogP contribution in [0.1, 0.15) is 11.1 Å². The fraction of sp³-hybridized carbons (Fsp3) is 0.150. The molecule has 0 bridgehead atoms. The molecule has 0 N–H and O–H groups in total. The molecule has 1 aromatic heterocycles. The van der Waals surface area contributed by atoms with E-state index in [0.717, 1.165) is 21.3 Å². The Hall–Kier alpha value is -3.19. The number of rotatable bonds is 4. The quantitative estimate of drug-likeness (QED) is 0.510. The van der Waals surface area contributed by atoms with Gasteiger partial charge in [0.2, 0.25) is 10.9 Å². The summed E-state index contributed by atoms with van der Waals surface area (Å²) in [6, 6.07) is 15.5. The van der Waals surface area contributed by atoms with Crippen molar-refractivity contribution in [3.63, 3.8) is 0 Å². The molecule has 0 unspecified atom stereocenters. The number of carbonyl (C=O) groups is 1. The standard InChI is InChI=1S/C20H17N3O3S/c1-14-7-8-16-18(11-14)27-20(22-16)23(19(24)17-13-25-9-10-26-17)21-12-15-5-3-2-4-6-15/h2-8,11-13H,9-10H2,1H3. The highest BCUT2D eigenvalue weighted by atomic mass is 32.1. The van der Waals surface area contributed by atoms with E-state index in [1.54, 1.807) is 6.21 Å². The van der Waals surface area contributed by atoms with E-state index in [9.17, 15) is 4.79 Å². The molecule has 0 atom stereocenters. The van der Waals surface area contributed by atoms with E-state index in [2.05, 4.69) is 10.1 Å². The Morgan fingerprint density at radius 1 is 1.22 bits per heavy atom. The number of benzene rings is 2. The van der Waals surface area contributed by atoms with E-state index in [1.165, 1.54) is 22.6 Å². The van der Waals surface area contributed by atoms with E-state index in [0.29, 0.717) is 18.3 Å². The van der Waals surface area contributed by atoms with Crippen LogP contribution >= 0.6 is 11.3 Å². The Bertz CT molecular complexity index is 1030. The second-order valence-electron chi connectivity index (χ2n) is 5.94. The molecule has 0 fully saturated rings. The molecule has 1 aliphatic heterocycles. The molecule has 0 spiro atoms. The van der Waals surface area contributed by atoms with Gasteiger partial charge in [-0.2, -0.15) is 10.1 Å². The number of ether oxygens (including phenoxy) is 2. The lowest BCUT2D eigenvalue weighted by atomic mass is 10.2. The first-order valence-corrected chi connectivity index (χ1v) is 9.27. The van der Waals surface area contributed by atoms with Crippen molar-refractivity contribution in [1.29, 1.82) is 0 Å². The third-order valence-corrected chi connectivity index (χ3v) is 4.88. The molecule has 2 heterocycles. The van der Waals surface area contributed by atoms with Crippen LogP contribution in [0.15, 0.2) is 65.7 Å². The molecule has 1 amide bonds. The molecule has 136 valence electrons. The van der Waals surface area contributed by atoms with Crippen molar-refractivity contribution in [1.82, 2.24) is 4.98 Å². The number of thiazole rings is 1. The molecule has 4 rings (SSSR count). The lowest BCUT2D eigenvalue weighted by Gasteiger charge is -2.19. The zero-order chi connectivity index (χ0) is 18.6. The summed E-state index contributed by atoms with van der Waals surface area (Å²) < 4.78 is 11.7. The molecule has 0 radical (unpaired) electrons. The zero-order valence-corrected chi connectivity index (χ0v) is 15.5. The van der Waals surface area contributed by atoms with Gasteiger partial charge < -0.3 is 9.47 Å². The average Bonchev–Trinajstić information content (AvgIpc) is 3.12. The van der Waals surface area contributed by atoms with Gasteiger partial charge in [-0.25, -0.2) is 4.98 Å². The minimum atomic E-state index is -0.419. The van der Waals surface area contributed by atoms with Gasteiger partial charge in [-0.1, -0.05) is 47.7 Å². The Morgan fingerprint density at radius 2 is 2.07 bits per heavy atom. The van der Waals surface area contributed by atoms with Crippen molar-refractivity contribution in [3.05, 3.63) is 71.7 Å². The summed E-state index contributed by atoms with van der Waals surface area (Å²) in [5.74, 6) is -0.306. The number of amides is 1. The Morgan fingerprint density at radius 3 is 2.85 bits per heavy atom. The summed E-state index contributed by atoms with van der Waals surface area (Å²) in [7, 11) is 0. The van der Waals surface area contributed by atoms with Crippen LogP contribution in [-0.2, 0) is 14.3 Å². The number of aryl methyl sites for hydroxylation is 1. The highest BCUT2D eigenvalue weighted by Gasteiger charge is 2.26. The van der Waals surface area contributed by atoms with Crippen LogP contribution in [0.5, 0.6) is 0 Å². The average molecular weight is 379 g/mol. The van der Waals surface area contributed by atoms with Crippen LogP contribution in [0.3, 0.4) is 0 Å². The smallest absolute Gasteiger partial charge is 0.319 e. The van der Waals surface area contributed by atoms with Crippen LogP contribution in [0.25, 0.3) is 10.2 Å². The number of hydrogen-bond acceptors (Lipinski definition) is 6. The van der Waals surface area contributed by atoms with Gasteiger partial charge in [-0.15, -0.1) is 0 Å². The lowest BCUT2D eigenvalue weighted by Crippen LogP contribution is -2.30. The minimum Gasteiger partial charge on any atom is -0.494 e. The summed E-state index contributed by atoms with van der Waals surface area (Å²) in [5.41, 5.74) is 2.83. The van der Waals surface area contributed by atoms with Gasteiger partial charge in [0.25, 0.3) is 0 Å². The topological polar surface area (TPSA) is 64.0 Å². The largest absolute Gasteiger partial charge is 0.494 e. The van der Waals surface area contributed by atoms with E-state index in [1.807, 2.05) is 55.5 Å².